The Kier molecular flexibility index (Phi) is 4.78. The maximum atomic E-state index is 13.3. The predicted molar refractivity (Wildman–Crippen MR) is 87.5 cm³/mol. The standard InChI is InChI=1S/C17H20FN5O2/c1-3-21-11-19-20-15(21)9-23-12(2)17(25)22(10-16(23)24)8-13-5-4-6-14(18)7-13/h4-7,11-12H,3,8-10H2,1-2H3/t12-/m0/s1. The fourth-order valence-corrected chi connectivity index (χ4v) is 2.98. The van der Waals surface area contributed by atoms with Crippen molar-refractivity contribution in [2.45, 2.75) is 39.5 Å². The summed E-state index contributed by atoms with van der Waals surface area (Å²) in [6.07, 6.45) is 1.60. The summed E-state index contributed by atoms with van der Waals surface area (Å²) >= 11 is 0. The maximum Gasteiger partial charge on any atom is 0.245 e. The number of hydrogen-bond acceptors (Lipinski definition) is 4. The lowest BCUT2D eigenvalue weighted by molar-refractivity contribution is -0.156. The number of hydrogen-bond donors (Lipinski definition) is 0. The average molecular weight is 345 g/mol. The van der Waals surface area contributed by atoms with Crippen molar-refractivity contribution in [3.8, 4) is 0 Å². The molecule has 0 unspecified atom stereocenters. The van der Waals surface area contributed by atoms with Crippen LogP contribution in [0.4, 0.5) is 4.39 Å². The van der Waals surface area contributed by atoms with E-state index in [0.29, 0.717) is 17.9 Å². The van der Waals surface area contributed by atoms with E-state index in [-0.39, 0.29) is 37.3 Å². The molecule has 1 aliphatic heterocycles. The van der Waals surface area contributed by atoms with E-state index in [1.807, 2.05) is 11.5 Å². The smallest absolute Gasteiger partial charge is 0.245 e. The molecule has 0 aliphatic carbocycles. The van der Waals surface area contributed by atoms with Crippen LogP contribution in [0.1, 0.15) is 25.2 Å². The molecule has 1 aromatic carbocycles. The summed E-state index contributed by atoms with van der Waals surface area (Å²) in [5, 5.41) is 7.87. The minimum atomic E-state index is -0.600. The van der Waals surface area contributed by atoms with E-state index in [0.717, 1.165) is 0 Å². The Balaban J connectivity index is 1.73. The van der Waals surface area contributed by atoms with Crippen LogP contribution >= 0.6 is 0 Å². The van der Waals surface area contributed by atoms with Gasteiger partial charge in [-0.3, -0.25) is 9.59 Å². The summed E-state index contributed by atoms with van der Waals surface area (Å²) in [7, 11) is 0. The molecule has 7 nitrogen and oxygen atoms in total. The number of aryl methyl sites for hydroxylation is 1. The van der Waals surface area contributed by atoms with Gasteiger partial charge in [-0.1, -0.05) is 12.1 Å². The van der Waals surface area contributed by atoms with Crippen LogP contribution in [0.2, 0.25) is 0 Å². The van der Waals surface area contributed by atoms with Crippen molar-refractivity contribution < 1.29 is 14.0 Å². The topological polar surface area (TPSA) is 71.3 Å². The van der Waals surface area contributed by atoms with Gasteiger partial charge in [-0.2, -0.15) is 0 Å². The first kappa shape index (κ1) is 17.1. The molecular weight excluding hydrogens is 325 g/mol. The molecule has 0 saturated carbocycles. The number of nitrogens with zero attached hydrogens (tertiary/aromatic N) is 5. The number of rotatable bonds is 5. The number of aromatic nitrogens is 3. The highest BCUT2D eigenvalue weighted by molar-refractivity contribution is 5.94. The Morgan fingerprint density at radius 3 is 2.80 bits per heavy atom. The molecule has 0 spiro atoms. The van der Waals surface area contributed by atoms with Crippen LogP contribution in [-0.4, -0.2) is 49.0 Å². The van der Waals surface area contributed by atoms with Gasteiger partial charge >= 0.3 is 0 Å². The lowest BCUT2D eigenvalue weighted by Crippen LogP contribution is -2.58. The van der Waals surface area contributed by atoms with E-state index in [4.69, 9.17) is 0 Å². The summed E-state index contributed by atoms with van der Waals surface area (Å²) in [5.41, 5.74) is 0.660. The normalized spacial score (nSPS) is 18.1. The van der Waals surface area contributed by atoms with E-state index >= 15 is 0 Å². The third-order valence-electron chi connectivity index (χ3n) is 4.39. The molecule has 0 radical (unpaired) electrons. The summed E-state index contributed by atoms with van der Waals surface area (Å²) < 4.78 is 15.2. The second kappa shape index (κ2) is 7.00. The van der Waals surface area contributed by atoms with Gasteiger partial charge in [0.25, 0.3) is 0 Å². The van der Waals surface area contributed by atoms with E-state index in [1.165, 1.54) is 21.9 Å². The van der Waals surface area contributed by atoms with Gasteiger partial charge in [0.05, 0.1) is 6.54 Å². The number of benzene rings is 1. The highest BCUT2D eigenvalue weighted by Crippen LogP contribution is 2.18. The second-order valence-electron chi connectivity index (χ2n) is 6.06. The minimum Gasteiger partial charge on any atom is -0.327 e. The fraction of sp³-hybridized carbons (Fsp3) is 0.412. The molecule has 2 aromatic rings. The third-order valence-corrected chi connectivity index (χ3v) is 4.39. The van der Waals surface area contributed by atoms with E-state index in [9.17, 15) is 14.0 Å². The van der Waals surface area contributed by atoms with Gasteiger partial charge in [-0.25, -0.2) is 4.39 Å². The molecule has 3 rings (SSSR count). The van der Waals surface area contributed by atoms with Crippen molar-refractivity contribution in [2.75, 3.05) is 6.54 Å². The Bertz CT molecular complexity index is 791. The van der Waals surface area contributed by atoms with Gasteiger partial charge in [0.15, 0.2) is 5.82 Å². The number of piperazine rings is 1. The van der Waals surface area contributed by atoms with Crippen LogP contribution in [-0.2, 0) is 29.2 Å². The minimum absolute atomic E-state index is 0.0278. The monoisotopic (exact) mass is 345 g/mol. The van der Waals surface area contributed by atoms with Crippen molar-refractivity contribution in [1.82, 2.24) is 24.6 Å². The first-order valence-corrected chi connectivity index (χ1v) is 8.19. The fourth-order valence-electron chi connectivity index (χ4n) is 2.98. The molecule has 2 heterocycles. The van der Waals surface area contributed by atoms with Crippen molar-refractivity contribution >= 4 is 11.8 Å². The Morgan fingerprint density at radius 2 is 2.08 bits per heavy atom. The van der Waals surface area contributed by atoms with Crippen LogP contribution in [0.25, 0.3) is 0 Å². The molecule has 1 atom stereocenters. The zero-order valence-electron chi connectivity index (χ0n) is 14.2. The van der Waals surface area contributed by atoms with Crippen molar-refractivity contribution in [1.29, 1.82) is 0 Å². The Morgan fingerprint density at radius 1 is 1.28 bits per heavy atom. The molecule has 25 heavy (non-hydrogen) atoms. The van der Waals surface area contributed by atoms with Gasteiger partial charge in [0, 0.05) is 13.1 Å². The first-order chi connectivity index (χ1) is 12.0. The molecular formula is C17H20FN5O2. The number of halogens is 1. The van der Waals surface area contributed by atoms with E-state index in [1.54, 1.807) is 25.4 Å². The van der Waals surface area contributed by atoms with Crippen LogP contribution in [0, 0.1) is 5.82 Å². The molecule has 1 aliphatic rings. The molecule has 132 valence electrons. The Hall–Kier alpha value is -2.77. The molecule has 0 N–H and O–H groups in total. The third kappa shape index (κ3) is 3.52. The van der Waals surface area contributed by atoms with Gasteiger partial charge < -0.3 is 14.4 Å². The zero-order chi connectivity index (χ0) is 18.0. The van der Waals surface area contributed by atoms with Crippen LogP contribution in [0.3, 0.4) is 0 Å². The van der Waals surface area contributed by atoms with Gasteiger partial charge in [0.2, 0.25) is 11.8 Å². The zero-order valence-corrected chi connectivity index (χ0v) is 14.2. The van der Waals surface area contributed by atoms with Gasteiger partial charge in [0.1, 0.15) is 24.7 Å². The van der Waals surface area contributed by atoms with E-state index in [2.05, 4.69) is 10.2 Å². The van der Waals surface area contributed by atoms with Gasteiger partial charge in [-0.05, 0) is 31.5 Å². The number of carbonyl (C=O) groups excluding carboxylic acids is 2. The number of carbonyl (C=O) groups is 2. The van der Waals surface area contributed by atoms with Gasteiger partial charge in [-0.15, -0.1) is 10.2 Å². The number of amides is 2. The van der Waals surface area contributed by atoms with E-state index < -0.39 is 6.04 Å². The molecule has 8 heteroatoms. The first-order valence-electron chi connectivity index (χ1n) is 8.19. The quantitative estimate of drug-likeness (QED) is 0.816. The Labute approximate surface area is 145 Å². The largest absolute Gasteiger partial charge is 0.327 e. The summed E-state index contributed by atoms with van der Waals surface area (Å²) in [6.45, 7) is 4.78. The maximum absolute atomic E-state index is 13.3. The van der Waals surface area contributed by atoms with Crippen molar-refractivity contribution in [3.05, 3.63) is 47.8 Å². The van der Waals surface area contributed by atoms with Crippen LogP contribution in [0.15, 0.2) is 30.6 Å². The van der Waals surface area contributed by atoms with Crippen LogP contribution < -0.4 is 0 Å². The summed E-state index contributed by atoms with van der Waals surface area (Å²) in [5.74, 6) is -0.0310. The SMILES string of the molecule is CCn1cnnc1CN1C(=O)CN(Cc2cccc(F)c2)C(=O)[C@@H]1C. The second-order valence-corrected chi connectivity index (χ2v) is 6.06. The van der Waals surface area contributed by atoms with Crippen molar-refractivity contribution in [2.24, 2.45) is 0 Å². The molecule has 2 amide bonds. The molecule has 0 bridgehead atoms. The highest BCUT2D eigenvalue weighted by atomic mass is 19.1. The average Bonchev–Trinajstić information content (AvgIpc) is 3.04. The predicted octanol–water partition coefficient (Wildman–Crippen LogP) is 1.20. The molecule has 1 saturated heterocycles. The lowest BCUT2D eigenvalue weighted by Gasteiger charge is -2.38. The van der Waals surface area contributed by atoms with Crippen molar-refractivity contribution in [3.63, 3.8) is 0 Å². The molecule has 1 fully saturated rings. The summed E-state index contributed by atoms with van der Waals surface area (Å²) in [4.78, 5) is 28.2. The summed E-state index contributed by atoms with van der Waals surface area (Å²) in [6, 6.07) is 5.45. The molecule has 1 aromatic heterocycles. The lowest BCUT2D eigenvalue weighted by atomic mass is 10.1. The highest BCUT2D eigenvalue weighted by Gasteiger charge is 2.37. The van der Waals surface area contributed by atoms with Crippen LogP contribution in [0.5, 0.6) is 0 Å².